The lowest BCUT2D eigenvalue weighted by Gasteiger charge is -2.58. The monoisotopic (exact) mass is 1380 g/mol. The van der Waals surface area contributed by atoms with Gasteiger partial charge in [-0.05, 0) is 97.5 Å². The Kier molecular flexibility index (Phi) is 21.4. The molecule has 1 fully saturated rings. The number of hydrogen-bond donors (Lipinski definition) is 3. The van der Waals surface area contributed by atoms with E-state index in [9.17, 15) is 24.6 Å². The zero-order chi connectivity index (χ0) is 72.0. The average Bonchev–Trinajstić information content (AvgIpc) is 0.679. The highest BCUT2D eigenvalue weighted by Gasteiger charge is 2.70. The van der Waals surface area contributed by atoms with Crippen LogP contribution in [-0.2, 0) is 64.6 Å². The number of carbonyl (C=O) groups is 4. The summed E-state index contributed by atoms with van der Waals surface area (Å²) in [4.78, 5) is 62.5. The number of aliphatic hydroxyl groups excluding tert-OH is 2. The van der Waals surface area contributed by atoms with Gasteiger partial charge in [-0.1, -0.05) is 228 Å². The molecule has 17 heteroatoms. The number of aliphatic hydroxyl groups is 2. The van der Waals surface area contributed by atoms with Gasteiger partial charge in [0.1, 0.15) is 53.3 Å². The molecule has 9 aromatic carbocycles. The van der Waals surface area contributed by atoms with Gasteiger partial charge in [-0.2, -0.15) is 0 Å². The fourth-order valence-electron chi connectivity index (χ4n) is 13.8. The first-order chi connectivity index (χ1) is 48.3. The molecule has 9 aromatic rings. The van der Waals surface area contributed by atoms with Crippen LogP contribution in [0.4, 0.5) is 20.2 Å². The number of ether oxygens (including phenoxy) is 3. The fourth-order valence-corrected chi connectivity index (χ4v) is 15.3. The van der Waals surface area contributed by atoms with E-state index in [2.05, 4.69) is 0 Å². The first-order valence-electron chi connectivity index (χ1n) is 33.9. The van der Waals surface area contributed by atoms with Gasteiger partial charge in [-0.3, -0.25) is 19.3 Å². The molecule has 0 heterocycles. The molecule has 3 aliphatic rings. The van der Waals surface area contributed by atoms with Gasteiger partial charge >= 0.3 is 5.97 Å². The van der Waals surface area contributed by atoms with E-state index in [-0.39, 0.29) is 65.4 Å². The van der Waals surface area contributed by atoms with Crippen LogP contribution in [0.5, 0.6) is 17.2 Å². The number of carbonyl (C=O) groups excluding carboxylic acids is 4. The maximum absolute atomic E-state index is 17.3. The minimum absolute atomic E-state index is 0.00637. The molecule has 0 aliphatic heterocycles. The maximum Gasteiger partial charge on any atom is 0.347 e. The second-order valence-corrected chi connectivity index (χ2v) is 33.0. The quantitative estimate of drug-likeness (QED) is 0.0253. The molecule has 0 radical (unpaired) electrons. The number of nitrogens with zero attached hydrogens (tertiary/aromatic N) is 3. The zero-order valence-corrected chi connectivity index (χ0v) is 59.5. The summed E-state index contributed by atoms with van der Waals surface area (Å²) >= 11 is 0. The van der Waals surface area contributed by atoms with Crippen LogP contribution < -0.4 is 29.7 Å². The average molecular weight is 1380 g/mol. The van der Waals surface area contributed by atoms with Gasteiger partial charge in [0.2, 0.25) is 5.78 Å². The number of amides is 1. The highest BCUT2D eigenvalue weighted by Crippen LogP contribution is 2.61. The molecule has 3 aliphatic carbocycles. The number of benzene rings is 9. The number of ketones is 2. The summed E-state index contributed by atoms with van der Waals surface area (Å²) in [5.74, 6) is -6.09. The first kappa shape index (κ1) is 71.8. The van der Waals surface area contributed by atoms with Gasteiger partial charge in [0.05, 0.1) is 23.0 Å². The summed E-state index contributed by atoms with van der Waals surface area (Å²) in [6.45, 7) is 15.0. The fraction of sp³-hybridized carbons (Fsp3) is 0.262. The van der Waals surface area contributed by atoms with E-state index in [0.29, 0.717) is 43.3 Å². The SMILES string of the molecule is CN(C)[C@@H]1C(=O)C(C(N)=O)=C(O)[C@@]2(O[Si](C)(C)C(C)(C)C)C(=O)C3=C(O)c4c(c(F)cc(N(Cc5ccccc5)Cc5ccccc5)c4OCc4ccccc4)C[C@@]3(C)C[C@@H]12.Cc1c(F)cc(N(Cc2ccccc2)Cc2ccccc2)c(OCc2ccccc2)c1C(=O)Oc1ccccc1. The summed E-state index contributed by atoms with van der Waals surface area (Å²) in [6, 6.07) is 69.1. The number of nitrogens with two attached hydrogens (primary N) is 1. The third-order valence-electron chi connectivity index (χ3n) is 19.8. The summed E-state index contributed by atoms with van der Waals surface area (Å²) in [7, 11) is 0.227. The van der Waals surface area contributed by atoms with Crippen LogP contribution in [-0.4, -0.2) is 72.6 Å². The summed E-state index contributed by atoms with van der Waals surface area (Å²) < 4.78 is 58.8. The lowest BCUT2D eigenvalue weighted by molar-refractivity contribution is -0.154. The Morgan fingerprint density at radius 3 is 1.42 bits per heavy atom. The van der Waals surface area contributed by atoms with Gasteiger partial charge in [-0.25, -0.2) is 13.6 Å². The van der Waals surface area contributed by atoms with Crippen LogP contribution in [0.1, 0.15) is 94.5 Å². The van der Waals surface area contributed by atoms with Crippen LogP contribution in [0.3, 0.4) is 0 Å². The second-order valence-electron chi connectivity index (χ2n) is 28.2. The minimum Gasteiger partial charge on any atom is -0.508 e. The number of primary amides is 1. The largest absolute Gasteiger partial charge is 0.508 e. The van der Waals surface area contributed by atoms with E-state index in [1.807, 2.05) is 232 Å². The molecule has 0 aromatic heterocycles. The minimum atomic E-state index is -3.08. The molecule has 4 atom stereocenters. The Bertz CT molecular complexity index is 4460. The molecule has 0 bridgehead atoms. The van der Waals surface area contributed by atoms with E-state index in [1.54, 1.807) is 57.1 Å². The molecule has 12 rings (SSSR count). The predicted octanol–water partition coefficient (Wildman–Crippen LogP) is 16.7. The third-order valence-corrected chi connectivity index (χ3v) is 24.3. The number of para-hydroxylation sites is 1. The maximum atomic E-state index is 17.3. The number of halogens is 2. The Morgan fingerprint density at radius 1 is 0.604 bits per heavy atom. The van der Waals surface area contributed by atoms with Crippen LogP contribution >= 0.6 is 0 Å². The third kappa shape index (κ3) is 15.2. The number of fused-ring (bicyclic) bond motifs is 3. The van der Waals surface area contributed by atoms with Crippen molar-refractivity contribution in [1.82, 2.24) is 4.90 Å². The molecule has 1 saturated carbocycles. The molecule has 4 N–H and O–H groups in total. The van der Waals surface area contributed by atoms with E-state index in [1.165, 1.54) is 12.1 Å². The van der Waals surface area contributed by atoms with E-state index in [0.717, 1.165) is 33.4 Å². The van der Waals surface area contributed by atoms with Crippen LogP contribution in [0.2, 0.25) is 18.1 Å². The normalized spacial score (nSPS) is 18.0. The van der Waals surface area contributed by atoms with E-state index in [4.69, 9.17) is 24.4 Å². The van der Waals surface area contributed by atoms with Crippen molar-refractivity contribution < 1.29 is 56.8 Å². The van der Waals surface area contributed by atoms with Crippen LogP contribution in [0, 0.1) is 29.9 Å². The predicted molar refractivity (Wildman–Crippen MR) is 393 cm³/mol. The van der Waals surface area contributed by atoms with Crippen molar-refractivity contribution in [3.05, 3.63) is 309 Å². The van der Waals surface area contributed by atoms with Gasteiger partial charge in [-0.15, -0.1) is 0 Å². The number of Topliss-reactive ketones (excluding diaryl/α,β-unsaturated/α-hetero) is 2. The van der Waals surface area contributed by atoms with Crippen molar-refractivity contribution in [1.29, 1.82) is 0 Å². The lowest BCUT2D eigenvalue weighted by Crippen LogP contribution is -2.70. The van der Waals surface area contributed by atoms with Gasteiger partial charge in [0.15, 0.2) is 31.2 Å². The van der Waals surface area contributed by atoms with Crippen LogP contribution in [0.25, 0.3) is 5.76 Å². The lowest BCUT2D eigenvalue weighted by atomic mass is 9.52. The molecular formula is C84H86F2N4O10Si. The first-order valence-corrected chi connectivity index (χ1v) is 36.8. The standard InChI is InChI=1S/C49H56FN3O7Si.C35H30FNO3/c1-47(2,3)61(7,8)60-49-34(40(52(5)6)42(55)38(44(49)56)46(51)58)26-48(4)25-33-35(50)24-36(53(27-30-18-12-9-13-19-30)28-31-20-14-10-15-21-31)43(37(33)41(54)39(48)45(49)57)59-29-32-22-16-11-17-23-32;1-26-31(36)22-32(37(23-27-14-6-2-7-15-27)24-28-16-8-3-9-17-28)34(39-25-29-18-10-4-11-19-29)33(26)35(38)40-30-20-12-5-13-21-30/h9-24,34,40,54,56H,25-29H2,1-8H3,(H2,51,58);2-22H,23-25H2,1H3/t34-,40-,48-,49+;/m0./s1. The van der Waals surface area contributed by atoms with Gasteiger partial charge in [0.25, 0.3) is 5.91 Å². The Morgan fingerprint density at radius 2 is 1.00 bits per heavy atom. The number of anilines is 2. The molecule has 520 valence electrons. The summed E-state index contributed by atoms with van der Waals surface area (Å²) in [6.07, 6.45) is -0.0424. The number of esters is 1. The second kappa shape index (κ2) is 30.2. The Hall–Kier alpha value is -10.5. The summed E-state index contributed by atoms with van der Waals surface area (Å²) in [5, 5.41) is 24.7. The van der Waals surface area contributed by atoms with Crippen molar-refractivity contribution in [3.8, 4) is 17.2 Å². The van der Waals surface area contributed by atoms with Gasteiger partial charge in [0, 0.05) is 66.3 Å². The zero-order valence-electron chi connectivity index (χ0n) is 58.5. The van der Waals surface area contributed by atoms with Crippen molar-refractivity contribution in [2.75, 3.05) is 23.9 Å². The Labute approximate surface area is 591 Å². The highest BCUT2D eigenvalue weighted by atomic mass is 28.4. The van der Waals surface area contributed by atoms with Crippen molar-refractivity contribution in [2.45, 2.75) is 117 Å². The van der Waals surface area contributed by atoms with E-state index < -0.39 is 88.5 Å². The molecule has 101 heavy (non-hydrogen) atoms. The molecule has 0 saturated heterocycles. The number of likely N-dealkylation sites (N-methyl/N-ethyl adjacent to an activating group) is 1. The Balaban J connectivity index is 0.000000222. The molecule has 14 nitrogen and oxygen atoms in total. The van der Waals surface area contributed by atoms with Crippen molar-refractivity contribution in [3.63, 3.8) is 0 Å². The van der Waals surface area contributed by atoms with Crippen molar-refractivity contribution in [2.24, 2.45) is 17.1 Å². The van der Waals surface area contributed by atoms with E-state index >= 15 is 13.6 Å². The number of hydrogen-bond acceptors (Lipinski definition) is 13. The molecular weight excluding hydrogens is 1290 g/mol. The topological polar surface area (TPSA) is 181 Å². The number of rotatable bonds is 22. The van der Waals surface area contributed by atoms with Gasteiger partial charge < -0.3 is 44.4 Å². The summed E-state index contributed by atoms with van der Waals surface area (Å²) in [5.41, 5.74) is 8.48. The van der Waals surface area contributed by atoms with Crippen LogP contribution in [0.15, 0.2) is 241 Å². The van der Waals surface area contributed by atoms with Crippen molar-refractivity contribution >= 4 is 48.9 Å². The highest BCUT2D eigenvalue weighted by molar-refractivity contribution is 6.74. The smallest absolute Gasteiger partial charge is 0.347 e. The molecule has 0 unspecified atom stereocenters. The molecule has 1 amide bonds. The molecule has 0 spiro atoms.